The summed E-state index contributed by atoms with van der Waals surface area (Å²) in [6.07, 6.45) is -5.33. The third kappa shape index (κ3) is 5.92. The first-order valence-corrected chi connectivity index (χ1v) is 10.6. The van der Waals surface area contributed by atoms with Gasteiger partial charge in [0.1, 0.15) is 18.3 Å². The van der Waals surface area contributed by atoms with Gasteiger partial charge in [-0.05, 0) is 30.2 Å². The molecule has 2 heterocycles. The van der Waals surface area contributed by atoms with Crippen molar-refractivity contribution in [2.24, 2.45) is 0 Å². The number of carbonyl (C=O) groups excluding carboxylic acids is 1. The normalized spacial score (nSPS) is 25.9. The second-order valence-electron chi connectivity index (χ2n) is 7.74. The van der Waals surface area contributed by atoms with E-state index in [4.69, 9.17) is 9.47 Å². The van der Waals surface area contributed by atoms with Crippen molar-refractivity contribution >= 4 is 11.9 Å². The van der Waals surface area contributed by atoms with Gasteiger partial charge in [0.2, 0.25) is 5.91 Å². The zero-order valence-electron chi connectivity index (χ0n) is 18.1. The largest absolute Gasteiger partial charge is 0.479 e. The molecule has 178 valence electrons. The lowest BCUT2D eigenvalue weighted by atomic mass is 9.97. The molecule has 6 unspecified atom stereocenters. The smallest absolute Gasteiger partial charge is 0.335 e. The number of carboxylic acid groups (broad SMARTS) is 1. The summed E-state index contributed by atoms with van der Waals surface area (Å²) >= 11 is 0. The fourth-order valence-corrected chi connectivity index (χ4v) is 3.65. The summed E-state index contributed by atoms with van der Waals surface area (Å²) in [6, 6.07) is 12.5. The molecule has 6 atom stereocenters. The molecule has 33 heavy (non-hydrogen) atoms. The Balaban J connectivity index is 1.78. The number of benzene rings is 1. The van der Waals surface area contributed by atoms with Crippen LogP contribution in [-0.4, -0.2) is 86.0 Å². The van der Waals surface area contributed by atoms with E-state index in [0.717, 1.165) is 5.56 Å². The lowest BCUT2D eigenvalue weighted by molar-refractivity contribution is -0.294. The van der Waals surface area contributed by atoms with Crippen molar-refractivity contribution in [1.29, 1.82) is 0 Å². The van der Waals surface area contributed by atoms with Gasteiger partial charge in [-0.1, -0.05) is 30.3 Å². The number of aliphatic carboxylic acids is 1. The van der Waals surface area contributed by atoms with Crippen molar-refractivity contribution in [2.75, 3.05) is 13.2 Å². The van der Waals surface area contributed by atoms with Gasteiger partial charge in [0.05, 0.1) is 12.5 Å². The SMILES string of the molecule is CCN(Cc1ccncc1)C(=O)C(COC1OC(C(=O)O)C(O)C(O)C1O)c1ccccc1. The van der Waals surface area contributed by atoms with Gasteiger partial charge in [-0.15, -0.1) is 0 Å². The maximum absolute atomic E-state index is 13.5. The third-order valence-corrected chi connectivity index (χ3v) is 5.56. The first kappa shape index (κ1) is 24.7. The number of rotatable bonds is 9. The number of pyridine rings is 1. The highest BCUT2D eigenvalue weighted by molar-refractivity contribution is 5.84. The molecule has 1 aliphatic rings. The highest BCUT2D eigenvalue weighted by atomic mass is 16.7. The molecule has 10 heteroatoms. The van der Waals surface area contributed by atoms with Crippen molar-refractivity contribution in [3.8, 4) is 0 Å². The van der Waals surface area contributed by atoms with E-state index in [9.17, 15) is 30.0 Å². The first-order chi connectivity index (χ1) is 15.8. The van der Waals surface area contributed by atoms with E-state index in [-0.39, 0.29) is 12.5 Å². The fourth-order valence-electron chi connectivity index (χ4n) is 3.65. The van der Waals surface area contributed by atoms with Gasteiger partial charge in [-0.3, -0.25) is 9.78 Å². The van der Waals surface area contributed by atoms with E-state index in [1.807, 2.05) is 25.1 Å². The van der Waals surface area contributed by atoms with Crippen molar-refractivity contribution in [3.63, 3.8) is 0 Å². The molecule has 1 aromatic heterocycles. The number of aromatic nitrogens is 1. The van der Waals surface area contributed by atoms with Gasteiger partial charge in [0.15, 0.2) is 12.4 Å². The van der Waals surface area contributed by atoms with Crippen LogP contribution in [0, 0.1) is 0 Å². The molecule has 0 aliphatic carbocycles. The molecule has 0 saturated carbocycles. The Kier molecular flexibility index (Phi) is 8.48. The quantitative estimate of drug-likeness (QED) is 0.409. The number of hydrogen-bond donors (Lipinski definition) is 4. The predicted molar refractivity (Wildman–Crippen MR) is 115 cm³/mol. The average Bonchev–Trinajstić information content (AvgIpc) is 2.83. The van der Waals surface area contributed by atoms with Crippen molar-refractivity contribution in [3.05, 3.63) is 66.0 Å². The molecule has 4 N–H and O–H groups in total. The van der Waals surface area contributed by atoms with Crippen molar-refractivity contribution in [1.82, 2.24) is 9.88 Å². The second kappa shape index (κ2) is 11.3. The summed E-state index contributed by atoms with van der Waals surface area (Å²) in [4.78, 5) is 30.4. The zero-order chi connectivity index (χ0) is 24.0. The minimum absolute atomic E-state index is 0.235. The average molecular weight is 460 g/mol. The minimum atomic E-state index is -1.82. The highest BCUT2D eigenvalue weighted by Gasteiger charge is 2.47. The van der Waals surface area contributed by atoms with Gasteiger partial charge < -0.3 is 34.8 Å². The Morgan fingerprint density at radius 3 is 2.33 bits per heavy atom. The van der Waals surface area contributed by atoms with Crippen LogP contribution in [0.4, 0.5) is 0 Å². The molecule has 0 spiro atoms. The van der Waals surface area contributed by atoms with Gasteiger partial charge in [0, 0.05) is 25.5 Å². The lowest BCUT2D eigenvalue weighted by Crippen LogP contribution is -2.60. The lowest BCUT2D eigenvalue weighted by Gasteiger charge is -2.39. The number of ether oxygens (including phenoxy) is 2. The summed E-state index contributed by atoms with van der Waals surface area (Å²) in [5.74, 6) is -2.52. The van der Waals surface area contributed by atoms with E-state index >= 15 is 0 Å². The maximum atomic E-state index is 13.5. The van der Waals surface area contributed by atoms with Crippen molar-refractivity contribution < 1.29 is 39.5 Å². The van der Waals surface area contributed by atoms with Crippen LogP contribution in [0.2, 0.25) is 0 Å². The molecule has 1 fully saturated rings. The number of carbonyl (C=O) groups is 2. The van der Waals surface area contributed by atoms with Crippen LogP contribution >= 0.6 is 0 Å². The number of likely N-dealkylation sites (N-methyl/N-ethyl adjacent to an activating group) is 1. The Bertz CT molecular complexity index is 913. The van der Waals surface area contributed by atoms with Crippen LogP contribution in [0.25, 0.3) is 0 Å². The summed E-state index contributed by atoms with van der Waals surface area (Å²) in [7, 11) is 0. The number of carboxylic acids is 1. The molecule has 1 aliphatic heterocycles. The molecule has 1 saturated heterocycles. The number of aliphatic hydroxyl groups is 3. The van der Waals surface area contributed by atoms with E-state index in [1.54, 1.807) is 41.6 Å². The number of nitrogens with zero attached hydrogens (tertiary/aromatic N) is 2. The summed E-state index contributed by atoms with van der Waals surface area (Å²) < 4.78 is 10.8. The molecule has 0 radical (unpaired) electrons. The molecule has 10 nitrogen and oxygen atoms in total. The van der Waals surface area contributed by atoms with Crippen LogP contribution < -0.4 is 0 Å². The van der Waals surface area contributed by atoms with Crippen LogP contribution in [0.5, 0.6) is 0 Å². The standard InChI is InChI=1S/C23H28N2O8/c1-2-25(12-14-8-10-24-11-9-14)21(29)16(15-6-4-3-5-7-15)13-32-23-19(28)17(26)18(27)20(33-23)22(30)31/h3-11,16-20,23,26-28H,2,12-13H2,1H3,(H,30,31). The minimum Gasteiger partial charge on any atom is -0.479 e. The van der Waals surface area contributed by atoms with Crippen LogP contribution in [0.1, 0.15) is 24.0 Å². The van der Waals surface area contributed by atoms with Gasteiger partial charge in [-0.2, -0.15) is 0 Å². The van der Waals surface area contributed by atoms with Gasteiger partial charge in [-0.25, -0.2) is 4.79 Å². The Hall–Kier alpha value is -2.89. The number of amides is 1. The Labute approximate surface area is 191 Å². The monoisotopic (exact) mass is 460 g/mol. The molecule has 1 aromatic carbocycles. The van der Waals surface area contributed by atoms with E-state index in [1.165, 1.54) is 0 Å². The maximum Gasteiger partial charge on any atom is 0.335 e. The summed E-state index contributed by atoms with van der Waals surface area (Å²) in [5, 5.41) is 39.3. The summed E-state index contributed by atoms with van der Waals surface area (Å²) in [6.45, 7) is 2.40. The van der Waals surface area contributed by atoms with E-state index in [2.05, 4.69) is 4.98 Å². The number of hydrogen-bond acceptors (Lipinski definition) is 8. The number of aliphatic hydroxyl groups excluding tert-OH is 3. The molecule has 0 bridgehead atoms. The topological polar surface area (TPSA) is 150 Å². The molecule has 2 aromatic rings. The molecule has 1 amide bonds. The van der Waals surface area contributed by atoms with Crippen molar-refractivity contribution in [2.45, 2.75) is 50.1 Å². The highest BCUT2D eigenvalue weighted by Crippen LogP contribution is 2.26. The van der Waals surface area contributed by atoms with Gasteiger partial charge >= 0.3 is 5.97 Å². The Morgan fingerprint density at radius 2 is 1.73 bits per heavy atom. The third-order valence-electron chi connectivity index (χ3n) is 5.56. The molecule has 3 rings (SSSR count). The second-order valence-corrected chi connectivity index (χ2v) is 7.74. The van der Waals surface area contributed by atoms with Crippen LogP contribution in [0.3, 0.4) is 0 Å². The predicted octanol–water partition coefficient (Wildman–Crippen LogP) is 0.123. The Morgan fingerprint density at radius 1 is 1.06 bits per heavy atom. The zero-order valence-corrected chi connectivity index (χ0v) is 18.1. The first-order valence-electron chi connectivity index (χ1n) is 10.6. The van der Waals surface area contributed by atoms with E-state index in [0.29, 0.717) is 18.7 Å². The van der Waals surface area contributed by atoms with Crippen LogP contribution in [-0.2, 0) is 25.6 Å². The molecular formula is C23H28N2O8. The van der Waals surface area contributed by atoms with Gasteiger partial charge in [0.25, 0.3) is 0 Å². The van der Waals surface area contributed by atoms with Crippen LogP contribution in [0.15, 0.2) is 54.9 Å². The summed E-state index contributed by atoms with van der Waals surface area (Å²) in [5.41, 5.74) is 1.57. The fraction of sp³-hybridized carbons (Fsp3) is 0.435. The molecular weight excluding hydrogens is 432 g/mol. The van der Waals surface area contributed by atoms with E-state index < -0.39 is 42.6 Å².